The normalized spacial score (nSPS) is 10.6. The highest BCUT2D eigenvalue weighted by molar-refractivity contribution is 7.71. The smallest absolute Gasteiger partial charge is 0.177 e. The second-order valence-electron chi connectivity index (χ2n) is 3.51. The Hall–Kier alpha value is -1.46. The van der Waals surface area contributed by atoms with Crippen molar-refractivity contribution in [3.8, 4) is 0 Å². The van der Waals surface area contributed by atoms with Crippen molar-refractivity contribution in [3.63, 3.8) is 0 Å². The van der Waals surface area contributed by atoms with Gasteiger partial charge in [0.1, 0.15) is 0 Å². The molecule has 2 heterocycles. The number of rotatable bonds is 4. The summed E-state index contributed by atoms with van der Waals surface area (Å²) in [6, 6.07) is 3.95. The molecule has 0 unspecified atom stereocenters. The van der Waals surface area contributed by atoms with Gasteiger partial charge >= 0.3 is 0 Å². The maximum absolute atomic E-state index is 9.13. The zero-order chi connectivity index (χ0) is 11.4. The predicted octanol–water partition coefficient (Wildman–Crippen LogP) is 1.68. The van der Waals surface area contributed by atoms with Crippen LogP contribution in [0.15, 0.2) is 30.7 Å². The van der Waals surface area contributed by atoms with Gasteiger partial charge in [0, 0.05) is 25.1 Å². The molecule has 84 valence electrons. The van der Waals surface area contributed by atoms with Gasteiger partial charge in [-0.15, -0.1) is 0 Å². The summed E-state index contributed by atoms with van der Waals surface area (Å²) in [4.78, 5) is 6.98. The van der Waals surface area contributed by atoms with Gasteiger partial charge in [0.25, 0.3) is 0 Å². The molecule has 2 aromatic rings. The zero-order valence-electron chi connectivity index (χ0n) is 8.76. The third-order valence-corrected chi connectivity index (χ3v) is 2.80. The number of nitrogens with one attached hydrogen (secondary N) is 1. The molecule has 0 aliphatic heterocycles. The molecule has 4 nitrogen and oxygen atoms in total. The van der Waals surface area contributed by atoms with E-state index in [0.29, 0.717) is 4.77 Å². The lowest BCUT2D eigenvalue weighted by molar-refractivity contribution is 0.270. The monoisotopic (exact) mass is 235 g/mol. The molecule has 0 fully saturated rings. The average Bonchev–Trinajstić information content (AvgIpc) is 2.69. The van der Waals surface area contributed by atoms with E-state index >= 15 is 0 Å². The van der Waals surface area contributed by atoms with Crippen LogP contribution in [0.1, 0.15) is 11.3 Å². The fourth-order valence-electron chi connectivity index (χ4n) is 1.59. The highest BCUT2D eigenvalue weighted by Gasteiger charge is 2.02. The van der Waals surface area contributed by atoms with E-state index in [1.807, 2.05) is 22.9 Å². The quantitative estimate of drug-likeness (QED) is 0.793. The van der Waals surface area contributed by atoms with Crippen molar-refractivity contribution in [2.24, 2.45) is 0 Å². The van der Waals surface area contributed by atoms with Gasteiger partial charge < -0.3 is 14.7 Å². The molecule has 0 saturated carbocycles. The van der Waals surface area contributed by atoms with E-state index in [1.54, 1.807) is 12.4 Å². The largest absolute Gasteiger partial charge is 0.390 e. The fraction of sp³-hybridized carbons (Fsp3) is 0.273. The van der Waals surface area contributed by atoms with Crippen LogP contribution in [0.5, 0.6) is 0 Å². The Morgan fingerprint density at radius 1 is 1.50 bits per heavy atom. The number of imidazole rings is 1. The minimum absolute atomic E-state index is 0.000178. The summed E-state index contributed by atoms with van der Waals surface area (Å²) in [5.41, 5.74) is 1.98. The number of aliphatic hydroxyl groups excluding tert-OH is 1. The minimum Gasteiger partial charge on any atom is -0.390 e. The number of pyridine rings is 1. The Kier molecular flexibility index (Phi) is 3.48. The molecular weight excluding hydrogens is 222 g/mol. The Morgan fingerprint density at radius 2 is 2.38 bits per heavy atom. The van der Waals surface area contributed by atoms with Crippen LogP contribution in [0.2, 0.25) is 0 Å². The van der Waals surface area contributed by atoms with Crippen LogP contribution in [-0.2, 0) is 19.6 Å². The van der Waals surface area contributed by atoms with Gasteiger partial charge in [0.15, 0.2) is 4.77 Å². The van der Waals surface area contributed by atoms with Crippen molar-refractivity contribution in [1.29, 1.82) is 0 Å². The number of aromatic nitrogens is 3. The van der Waals surface area contributed by atoms with E-state index in [0.717, 1.165) is 24.2 Å². The molecule has 0 bridgehead atoms. The Bertz CT molecular complexity index is 503. The molecule has 0 aliphatic rings. The van der Waals surface area contributed by atoms with Crippen LogP contribution in [-0.4, -0.2) is 19.6 Å². The molecule has 0 radical (unpaired) electrons. The third kappa shape index (κ3) is 2.37. The topological polar surface area (TPSA) is 53.8 Å². The Labute approximate surface area is 98.6 Å². The van der Waals surface area contributed by atoms with Crippen LogP contribution < -0.4 is 0 Å². The molecule has 0 atom stereocenters. The molecule has 0 saturated heterocycles. The number of H-pyrrole nitrogens is 1. The van der Waals surface area contributed by atoms with E-state index in [1.165, 1.54) is 0 Å². The molecule has 0 aliphatic carbocycles. The van der Waals surface area contributed by atoms with Gasteiger partial charge in [-0.05, 0) is 30.3 Å². The molecule has 2 rings (SSSR count). The van der Waals surface area contributed by atoms with Gasteiger partial charge in [-0.3, -0.25) is 4.98 Å². The van der Waals surface area contributed by atoms with Crippen molar-refractivity contribution in [3.05, 3.63) is 46.8 Å². The van der Waals surface area contributed by atoms with Gasteiger partial charge in [0.2, 0.25) is 0 Å². The Morgan fingerprint density at radius 3 is 3.06 bits per heavy atom. The minimum atomic E-state index is 0.000178. The summed E-state index contributed by atoms with van der Waals surface area (Å²) in [7, 11) is 0. The van der Waals surface area contributed by atoms with E-state index in [2.05, 4.69) is 9.97 Å². The maximum atomic E-state index is 9.13. The highest BCUT2D eigenvalue weighted by atomic mass is 32.1. The molecule has 0 spiro atoms. The first kappa shape index (κ1) is 11.0. The predicted molar refractivity (Wildman–Crippen MR) is 63.5 cm³/mol. The van der Waals surface area contributed by atoms with Gasteiger partial charge in [0.05, 0.1) is 12.3 Å². The summed E-state index contributed by atoms with van der Waals surface area (Å²) < 4.78 is 2.55. The first-order chi connectivity index (χ1) is 7.81. The molecule has 2 aromatic heterocycles. The number of hydrogen-bond donors (Lipinski definition) is 2. The summed E-state index contributed by atoms with van der Waals surface area (Å²) in [5.74, 6) is 0. The molecular formula is C11H13N3OS. The lowest BCUT2D eigenvalue weighted by Crippen LogP contribution is -2.05. The van der Waals surface area contributed by atoms with Crippen molar-refractivity contribution < 1.29 is 5.11 Å². The van der Waals surface area contributed by atoms with Crippen molar-refractivity contribution in [2.75, 3.05) is 0 Å². The standard InChI is InChI=1S/C11H13N3OS/c15-8-10-7-13-11(16)14(10)5-3-9-2-1-4-12-6-9/h1-2,4,6-7,15H,3,5,8H2,(H,13,16). The maximum Gasteiger partial charge on any atom is 0.177 e. The van der Waals surface area contributed by atoms with E-state index < -0.39 is 0 Å². The van der Waals surface area contributed by atoms with Crippen LogP contribution >= 0.6 is 12.2 Å². The first-order valence-corrected chi connectivity index (χ1v) is 5.49. The number of hydrogen-bond acceptors (Lipinski definition) is 3. The lowest BCUT2D eigenvalue weighted by atomic mass is 10.2. The molecule has 0 aromatic carbocycles. The summed E-state index contributed by atoms with van der Waals surface area (Å²) >= 11 is 5.14. The SMILES string of the molecule is OCc1c[nH]c(=S)n1CCc1cccnc1. The number of aryl methyl sites for hydroxylation is 1. The average molecular weight is 235 g/mol. The number of aromatic amines is 1. The molecule has 2 N–H and O–H groups in total. The van der Waals surface area contributed by atoms with Crippen LogP contribution in [0.4, 0.5) is 0 Å². The van der Waals surface area contributed by atoms with Gasteiger partial charge in [-0.2, -0.15) is 0 Å². The molecule has 0 amide bonds. The number of aliphatic hydroxyl groups is 1. The van der Waals surface area contributed by atoms with E-state index in [-0.39, 0.29) is 6.61 Å². The summed E-state index contributed by atoms with van der Waals surface area (Å²) in [6.07, 6.45) is 6.19. The van der Waals surface area contributed by atoms with Crippen LogP contribution in [0, 0.1) is 4.77 Å². The van der Waals surface area contributed by atoms with E-state index in [4.69, 9.17) is 17.3 Å². The van der Waals surface area contributed by atoms with Gasteiger partial charge in [-0.25, -0.2) is 0 Å². The van der Waals surface area contributed by atoms with Crippen LogP contribution in [0.25, 0.3) is 0 Å². The fourth-order valence-corrected chi connectivity index (χ4v) is 1.86. The second-order valence-corrected chi connectivity index (χ2v) is 3.89. The van der Waals surface area contributed by atoms with Crippen molar-refractivity contribution in [2.45, 2.75) is 19.6 Å². The number of nitrogens with zero attached hydrogens (tertiary/aromatic N) is 2. The van der Waals surface area contributed by atoms with E-state index in [9.17, 15) is 0 Å². The van der Waals surface area contributed by atoms with Crippen molar-refractivity contribution >= 4 is 12.2 Å². The third-order valence-electron chi connectivity index (χ3n) is 2.46. The molecule has 5 heteroatoms. The summed E-state index contributed by atoms with van der Waals surface area (Å²) in [5, 5.41) is 9.13. The second kappa shape index (κ2) is 5.05. The first-order valence-electron chi connectivity index (χ1n) is 5.08. The highest BCUT2D eigenvalue weighted by Crippen LogP contribution is 2.05. The lowest BCUT2D eigenvalue weighted by Gasteiger charge is -2.06. The van der Waals surface area contributed by atoms with Crippen molar-refractivity contribution in [1.82, 2.24) is 14.5 Å². The van der Waals surface area contributed by atoms with Gasteiger partial charge in [-0.1, -0.05) is 6.07 Å². The Balaban J connectivity index is 2.10. The summed E-state index contributed by atoms with van der Waals surface area (Å²) in [6.45, 7) is 0.754. The van der Waals surface area contributed by atoms with Crippen LogP contribution in [0.3, 0.4) is 0 Å². The zero-order valence-corrected chi connectivity index (χ0v) is 9.57. The molecule has 16 heavy (non-hydrogen) atoms.